The zero-order valence-corrected chi connectivity index (χ0v) is 12.9. The molecule has 0 unspecified atom stereocenters. The van der Waals surface area contributed by atoms with Crippen LogP contribution in [-0.4, -0.2) is 34.6 Å². The maximum atomic E-state index is 12.3. The van der Waals surface area contributed by atoms with Crippen molar-refractivity contribution in [3.63, 3.8) is 0 Å². The van der Waals surface area contributed by atoms with Gasteiger partial charge in [-0.1, -0.05) is 0 Å². The summed E-state index contributed by atoms with van der Waals surface area (Å²) in [7, 11) is 0. The van der Waals surface area contributed by atoms with Crippen LogP contribution in [0.5, 0.6) is 23.0 Å². The SMILES string of the molecule is O=c1cc(-c2ccc3c(c2)OC[C@H](CO)O3)oc2cc(O)cc(O)c12. The molecule has 0 spiro atoms. The fraction of sp³-hybridized carbons (Fsp3) is 0.167. The summed E-state index contributed by atoms with van der Waals surface area (Å²) in [6.07, 6.45) is -0.414. The highest BCUT2D eigenvalue weighted by molar-refractivity contribution is 5.86. The highest BCUT2D eigenvalue weighted by Crippen LogP contribution is 2.37. The molecule has 1 aliphatic rings. The molecule has 7 heteroatoms. The molecule has 2 aromatic carbocycles. The van der Waals surface area contributed by atoms with Crippen molar-refractivity contribution in [1.82, 2.24) is 0 Å². The largest absolute Gasteiger partial charge is 0.508 e. The van der Waals surface area contributed by atoms with E-state index in [1.54, 1.807) is 18.2 Å². The Labute approximate surface area is 141 Å². The van der Waals surface area contributed by atoms with Gasteiger partial charge in [-0.2, -0.15) is 0 Å². The van der Waals surface area contributed by atoms with Crippen LogP contribution in [0.15, 0.2) is 45.6 Å². The van der Waals surface area contributed by atoms with E-state index in [1.807, 2.05) is 0 Å². The van der Waals surface area contributed by atoms with Crippen LogP contribution >= 0.6 is 0 Å². The van der Waals surface area contributed by atoms with Crippen molar-refractivity contribution in [3.8, 4) is 34.3 Å². The highest BCUT2D eigenvalue weighted by Gasteiger charge is 2.21. The molecule has 3 aromatic rings. The lowest BCUT2D eigenvalue weighted by Crippen LogP contribution is -2.32. The minimum atomic E-state index is -0.427. The fourth-order valence-corrected chi connectivity index (χ4v) is 2.75. The molecule has 0 bridgehead atoms. The zero-order valence-electron chi connectivity index (χ0n) is 12.9. The molecule has 0 fully saturated rings. The maximum absolute atomic E-state index is 12.3. The lowest BCUT2D eigenvalue weighted by Gasteiger charge is -2.25. The number of benzene rings is 2. The first kappa shape index (κ1) is 15.3. The lowest BCUT2D eigenvalue weighted by molar-refractivity contribution is 0.0457. The molecule has 25 heavy (non-hydrogen) atoms. The Balaban J connectivity index is 1.82. The second kappa shape index (κ2) is 5.71. The number of phenols is 2. The summed E-state index contributed by atoms with van der Waals surface area (Å²) in [6, 6.07) is 8.63. The van der Waals surface area contributed by atoms with E-state index in [0.29, 0.717) is 17.1 Å². The quantitative estimate of drug-likeness (QED) is 0.653. The molecule has 0 saturated heterocycles. The van der Waals surface area contributed by atoms with Crippen molar-refractivity contribution in [2.45, 2.75) is 6.10 Å². The fourth-order valence-electron chi connectivity index (χ4n) is 2.75. The van der Waals surface area contributed by atoms with E-state index < -0.39 is 11.5 Å². The van der Waals surface area contributed by atoms with E-state index >= 15 is 0 Å². The van der Waals surface area contributed by atoms with E-state index in [-0.39, 0.29) is 41.4 Å². The molecular weight excluding hydrogens is 328 g/mol. The predicted molar refractivity (Wildman–Crippen MR) is 88.2 cm³/mol. The Morgan fingerprint density at radius 1 is 1.08 bits per heavy atom. The van der Waals surface area contributed by atoms with Crippen molar-refractivity contribution in [3.05, 3.63) is 46.6 Å². The normalized spacial score (nSPS) is 16.1. The molecule has 1 atom stereocenters. The molecule has 2 heterocycles. The van der Waals surface area contributed by atoms with Gasteiger partial charge in [-0.05, 0) is 18.2 Å². The third-order valence-electron chi connectivity index (χ3n) is 3.94. The summed E-state index contributed by atoms with van der Waals surface area (Å²) in [4.78, 5) is 12.3. The van der Waals surface area contributed by atoms with Gasteiger partial charge in [-0.3, -0.25) is 4.79 Å². The van der Waals surface area contributed by atoms with Crippen molar-refractivity contribution >= 4 is 11.0 Å². The zero-order chi connectivity index (χ0) is 17.6. The third kappa shape index (κ3) is 2.64. The van der Waals surface area contributed by atoms with Gasteiger partial charge in [0.05, 0.1) is 6.61 Å². The molecule has 7 nitrogen and oxygen atoms in total. The van der Waals surface area contributed by atoms with Gasteiger partial charge in [0.2, 0.25) is 0 Å². The molecule has 0 aliphatic carbocycles. The van der Waals surface area contributed by atoms with Gasteiger partial charge in [0.25, 0.3) is 0 Å². The minimum Gasteiger partial charge on any atom is -0.508 e. The topological polar surface area (TPSA) is 109 Å². The van der Waals surface area contributed by atoms with E-state index in [0.717, 1.165) is 6.07 Å². The van der Waals surface area contributed by atoms with E-state index in [4.69, 9.17) is 19.0 Å². The average Bonchev–Trinajstić information content (AvgIpc) is 2.59. The summed E-state index contributed by atoms with van der Waals surface area (Å²) in [5.74, 6) is 0.685. The van der Waals surface area contributed by atoms with Gasteiger partial charge in [0.1, 0.15) is 34.8 Å². The Hall–Kier alpha value is -3.19. The number of rotatable bonds is 2. The standard InChI is InChI=1S/C18H14O7/c19-7-11-8-23-16-3-9(1-2-14(16)24-11)15-6-13(22)18-12(21)4-10(20)5-17(18)25-15/h1-6,11,19-21H,7-8H2/t11-/m0/s1. The Bertz CT molecular complexity index is 1020. The van der Waals surface area contributed by atoms with Gasteiger partial charge >= 0.3 is 0 Å². The summed E-state index contributed by atoms with van der Waals surface area (Å²) >= 11 is 0. The van der Waals surface area contributed by atoms with Crippen molar-refractivity contribution in [1.29, 1.82) is 0 Å². The number of aliphatic hydroxyl groups excluding tert-OH is 1. The molecule has 0 saturated carbocycles. The van der Waals surface area contributed by atoms with Crippen LogP contribution in [0.1, 0.15) is 0 Å². The van der Waals surface area contributed by atoms with E-state index in [2.05, 4.69) is 0 Å². The second-order valence-electron chi connectivity index (χ2n) is 5.71. The number of aliphatic hydroxyl groups is 1. The van der Waals surface area contributed by atoms with Crippen LogP contribution in [0, 0.1) is 0 Å². The second-order valence-corrected chi connectivity index (χ2v) is 5.71. The summed E-state index contributed by atoms with van der Waals surface area (Å²) in [5.41, 5.74) is 0.228. The van der Waals surface area contributed by atoms with Crippen LogP contribution in [-0.2, 0) is 0 Å². The first-order valence-corrected chi connectivity index (χ1v) is 7.60. The van der Waals surface area contributed by atoms with Crippen molar-refractivity contribution in [2.24, 2.45) is 0 Å². The number of hydrogen-bond donors (Lipinski definition) is 3. The summed E-state index contributed by atoms with van der Waals surface area (Å²) < 4.78 is 16.8. The molecule has 3 N–H and O–H groups in total. The minimum absolute atomic E-state index is 0.00452. The van der Waals surface area contributed by atoms with Crippen LogP contribution in [0.3, 0.4) is 0 Å². The van der Waals surface area contributed by atoms with Gasteiger partial charge in [0, 0.05) is 23.8 Å². The lowest BCUT2D eigenvalue weighted by atomic mass is 10.1. The van der Waals surface area contributed by atoms with Gasteiger partial charge in [-0.15, -0.1) is 0 Å². The summed E-state index contributed by atoms with van der Waals surface area (Å²) in [5, 5.41) is 28.5. The Kier molecular flexibility index (Phi) is 3.51. The molecule has 0 amide bonds. The maximum Gasteiger partial charge on any atom is 0.197 e. The first-order chi connectivity index (χ1) is 12.0. The molecule has 4 rings (SSSR count). The van der Waals surface area contributed by atoms with Crippen LogP contribution in [0.4, 0.5) is 0 Å². The molecule has 1 aliphatic heterocycles. The molecule has 1 aromatic heterocycles. The summed E-state index contributed by atoms with van der Waals surface area (Å²) in [6.45, 7) is 0.0735. The number of ether oxygens (including phenoxy) is 2. The third-order valence-corrected chi connectivity index (χ3v) is 3.94. The van der Waals surface area contributed by atoms with Gasteiger partial charge in [-0.25, -0.2) is 0 Å². The van der Waals surface area contributed by atoms with Crippen LogP contribution in [0.25, 0.3) is 22.3 Å². The van der Waals surface area contributed by atoms with Gasteiger partial charge < -0.3 is 29.2 Å². The van der Waals surface area contributed by atoms with Crippen molar-refractivity contribution < 1.29 is 29.2 Å². The predicted octanol–water partition coefficient (Wildman–Crippen LogP) is 2.00. The van der Waals surface area contributed by atoms with Gasteiger partial charge in [0.15, 0.2) is 23.0 Å². The Morgan fingerprint density at radius 2 is 1.92 bits per heavy atom. The number of fused-ring (bicyclic) bond motifs is 2. The van der Waals surface area contributed by atoms with Crippen molar-refractivity contribution in [2.75, 3.05) is 13.2 Å². The number of aromatic hydroxyl groups is 2. The molecular formula is C18H14O7. The van der Waals surface area contributed by atoms with E-state index in [9.17, 15) is 15.0 Å². The van der Waals surface area contributed by atoms with Crippen LogP contribution < -0.4 is 14.9 Å². The highest BCUT2D eigenvalue weighted by atomic mass is 16.6. The first-order valence-electron chi connectivity index (χ1n) is 7.60. The smallest absolute Gasteiger partial charge is 0.197 e. The number of phenolic OH excluding ortho intramolecular Hbond substituents is 2. The average molecular weight is 342 g/mol. The number of hydrogen-bond acceptors (Lipinski definition) is 7. The van der Waals surface area contributed by atoms with E-state index in [1.165, 1.54) is 12.1 Å². The van der Waals surface area contributed by atoms with Crippen LogP contribution in [0.2, 0.25) is 0 Å². The molecule has 128 valence electrons. The Morgan fingerprint density at radius 3 is 2.72 bits per heavy atom. The monoisotopic (exact) mass is 342 g/mol. The molecule has 0 radical (unpaired) electrons.